The zero-order valence-corrected chi connectivity index (χ0v) is 19.2. The molecule has 0 aliphatic heterocycles. The van der Waals surface area contributed by atoms with Gasteiger partial charge in [0.05, 0.1) is 17.1 Å². The van der Waals surface area contributed by atoms with E-state index < -0.39 is 11.7 Å². The van der Waals surface area contributed by atoms with Gasteiger partial charge in [-0.1, -0.05) is 54.6 Å². The maximum absolute atomic E-state index is 12.5. The Hall–Kier alpha value is -3.80. The Morgan fingerprint density at radius 3 is 2.33 bits per heavy atom. The molecule has 33 heavy (non-hydrogen) atoms. The Morgan fingerprint density at radius 1 is 0.939 bits per heavy atom. The second-order valence-corrected chi connectivity index (χ2v) is 8.96. The topological polar surface area (TPSA) is 76.2 Å². The maximum atomic E-state index is 12.5. The number of rotatable bonds is 7. The minimum Gasteiger partial charge on any atom is -0.489 e. The summed E-state index contributed by atoms with van der Waals surface area (Å²) in [5, 5.41) is 2.97. The van der Waals surface area contributed by atoms with Crippen molar-refractivity contribution in [1.29, 1.82) is 0 Å². The van der Waals surface area contributed by atoms with Crippen LogP contribution in [-0.4, -0.2) is 21.7 Å². The van der Waals surface area contributed by atoms with Crippen LogP contribution in [0.3, 0.4) is 0 Å². The number of hydrogen-bond acceptors (Lipinski definition) is 4. The van der Waals surface area contributed by atoms with Crippen molar-refractivity contribution in [3.63, 3.8) is 0 Å². The number of para-hydroxylation sites is 2. The molecule has 1 aromatic heterocycles. The number of nitrogens with one attached hydrogen (secondary N) is 2. The molecule has 1 amide bonds. The zero-order chi connectivity index (χ0) is 23.3. The van der Waals surface area contributed by atoms with Crippen LogP contribution in [0.1, 0.15) is 43.8 Å². The molecular weight excluding hydrogens is 414 g/mol. The molecule has 0 saturated carbocycles. The molecule has 6 nitrogen and oxygen atoms in total. The Bertz CT molecular complexity index is 1160. The van der Waals surface area contributed by atoms with E-state index in [2.05, 4.69) is 15.3 Å². The fourth-order valence-corrected chi connectivity index (χ4v) is 3.50. The highest BCUT2D eigenvalue weighted by Crippen LogP contribution is 2.22. The molecule has 0 bridgehead atoms. The number of nitrogens with zero attached hydrogens (tertiary/aromatic N) is 1. The van der Waals surface area contributed by atoms with Gasteiger partial charge < -0.3 is 19.8 Å². The molecule has 0 radical (unpaired) electrons. The molecule has 1 heterocycles. The Morgan fingerprint density at radius 2 is 1.64 bits per heavy atom. The molecule has 1 atom stereocenters. The van der Waals surface area contributed by atoms with Gasteiger partial charge in [-0.3, -0.25) is 0 Å². The lowest BCUT2D eigenvalue weighted by molar-refractivity contribution is 0.0501. The SMILES string of the molecule is CC(C)(C)OC(=O)NC(Cc1ccc(OCc2ccccc2)cc1)c1nc2ccccc2[nH]1. The van der Waals surface area contributed by atoms with Gasteiger partial charge in [-0.05, 0) is 56.2 Å². The summed E-state index contributed by atoms with van der Waals surface area (Å²) in [6.07, 6.45) is 0.0775. The van der Waals surface area contributed by atoms with Gasteiger partial charge in [-0.25, -0.2) is 9.78 Å². The van der Waals surface area contributed by atoms with E-state index >= 15 is 0 Å². The van der Waals surface area contributed by atoms with Crippen LogP contribution >= 0.6 is 0 Å². The van der Waals surface area contributed by atoms with Gasteiger partial charge in [0, 0.05) is 6.42 Å². The maximum Gasteiger partial charge on any atom is 0.408 e. The molecule has 6 heteroatoms. The number of aromatic nitrogens is 2. The first-order valence-corrected chi connectivity index (χ1v) is 11.1. The van der Waals surface area contributed by atoms with Crippen LogP contribution in [0.25, 0.3) is 11.0 Å². The third-order valence-electron chi connectivity index (χ3n) is 5.04. The molecule has 3 aromatic carbocycles. The van der Waals surface area contributed by atoms with Crippen molar-refractivity contribution in [2.45, 2.75) is 45.4 Å². The van der Waals surface area contributed by atoms with Crippen molar-refractivity contribution in [3.8, 4) is 5.75 Å². The second kappa shape index (κ2) is 9.77. The normalized spacial score (nSPS) is 12.3. The summed E-state index contributed by atoms with van der Waals surface area (Å²) >= 11 is 0. The first-order valence-electron chi connectivity index (χ1n) is 11.1. The highest BCUT2D eigenvalue weighted by molar-refractivity contribution is 5.75. The minimum atomic E-state index is -0.583. The van der Waals surface area contributed by atoms with E-state index in [4.69, 9.17) is 9.47 Å². The second-order valence-electron chi connectivity index (χ2n) is 8.96. The first kappa shape index (κ1) is 22.4. The standard InChI is InChI=1S/C27H29N3O3/c1-27(2,3)33-26(31)30-24(25-28-22-11-7-8-12-23(22)29-25)17-19-13-15-21(16-14-19)32-18-20-9-5-4-6-10-20/h4-16,24H,17-18H2,1-3H3,(H,28,29)(H,30,31). The van der Waals surface area contributed by atoms with Crippen LogP contribution < -0.4 is 10.1 Å². The number of ether oxygens (including phenoxy) is 2. The lowest BCUT2D eigenvalue weighted by Crippen LogP contribution is -2.36. The van der Waals surface area contributed by atoms with Crippen molar-refractivity contribution in [3.05, 3.63) is 95.8 Å². The Kier molecular flexibility index (Phi) is 6.63. The van der Waals surface area contributed by atoms with Crippen LogP contribution in [0.4, 0.5) is 4.79 Å². The van der Waals surface area contributed by atoms with E-state index in [1.54, 1.807) is 0 Å². The van der Waals surface area contributed by atoms with Crippen molar-refractivity contribution < 1.29 is 14.3 Å². The number of alkyl carbamates (subject to hydrolysis) is 1. The average Bonchev–Trinajstić information content (AvgIpc) is 3.22. The number of H-pyrrole nitrogens is 1. The summed E-state index contributed by atoms with van der Waals surface area (Å²) in [6, 6.07) is 25.4. The molecule has 170 valence electrons. The lowest BCUT2D eigenvalue weighted by atomic mass is 10.1. The van der Waals surface area contributed by atoms with Gasteiger partial charge in [-0.2, -0.15) is 0 Å². The molecule has 0 saturated heterocycles. The molecule has 1 unspecified atom stereocenters. The third-order valence-corrected chi connectivity index (χ3v) is 5.04. The Labute approximate surface area is 194 Å². The molecular formula is C27H29N3O3. The molecule has 0 aliphatic rings. The highest BCUT2D eigenvalue weighted by Gasteiger charge is 2.23. The van der Waals surface area contributed by atoms with Crippen LogP contribution in [0.2, 0.25) is 0 Å². The summed E-state index contributed by atoms with van der Waals surface area (Å²) in [5.74, 6) is 1.48. The summed E-state index contributed by atoms with van der Waals surface area (Å²) in [4.78, 5) is 20.5. The lowest BCUT2D eigenvalue weighted by Gasteiger charge is -2.23. The average molecular weight is 444 g/mol. The number of fused-ring (bicyclic) bond motifs is 1. The minimum absolute atomic E-state index is 0.372. The summed E-state index contributed by atoms with van der Waals surface area (Å²) in [7, 11) is 0. The monoisotopic (exact) mass is 443 g/mol. The molecule has 4 aromatic rings. The number of carbonyl (C=O) groups excluding carboxylic acids is 1. The fraction of sp³-hybridized carbons (Fsp3) is 0.259. The highest BCUT2D eigenvalue weighted by atomic mass is 16.6. The fourth-order valence-electron chi connectivity index (χ4n) is 3.50. The number of imidazole rings is 1. The Balaban J connectivity index is 1.48. The van der Waals surface area contributed by atoms with Crippen LogP contribution in [-0.2, 0) is 17.8 Å². The van der Waals surface area contributed by atoms with Crippen molar-refractivity contribution >= 4 is 17.1 Å². The van der Waals surface area contributed by atoms with Gasteiger partial charge >= 0.3 is 6.09 Å². The van der Waals surface area contributed by atoms with Crippen molar-refractivity contribution in [2.24, 2.45) is 0 Å². The quantitative estimate of drug-likeness (QED) is 0.370. The molecule has 0 spiro atoms. The van der Waals surface area contributed by atoms with Crippen LogP contribution in [0.5, 0.6) is 5.75 Å². The number of benzene rings is 3. The van der Waals surface area contributed by atoms with E-state index in [1.165, 1.54) is 0 Å². The number of amides is 1. The van der Waals surface area contributed by atoms with E-state index in [0.717, 1.165) is 27.9 Å². The molecule has 0 aliphatic carbocycles. The number of carbonyl (C=O) groups is 1. The predicted molar refractivity (Wildman–Crippen MR) is 129 cm³/mol. The van der Waals surface area contributed by atoms with Gasteiger partial charge in [0.15, 0.2) is 0 Å². The van der Waals surface area contributed by atoms with Crippen LogP contribution in [0.15, 0.2) is 78.9 Å². The van der Waals surface area contributed by atoms with E-state index in [9.17, 15) is 4.79 Å². The van der Waals surface area contributed by atoms with E-state index in [0.29, 0.717) is 18.9 Å². The zero-order valence-electron chi connectivity index (χ0n) is 19.2. The van der Waals surface area contributed by atoms with Gasteiger partial charge in [-0.15, -0.1) is 0 Å². The van der Waals surface area contributed by atoms with Gasteiger partial charge in [0.2, 0.25) is 0 Å². The summed E-state index contributed by atoms with van der Waals surface area (Å²) in [6.45, 7) is 6.05. The molecule has 2 N–H and O–H groups in total. The van der Waals surface area contributed by atoms with Gasteiger partial charge in [0.1, 0.15) is 23.8 Å². The predicted octanol–water partition coefficient (Wildman–Crippen LogP) is 5.95. The summed E-state index contributed by atoms with van der Waals surface area (Å²) in [5.41, 5.74) is 3.36. The third kappa shape index (κ3) is 6.35. The van der Waals surface area contributed by atoms with E-state index in [-0.39, 0.29) is 6.04 Å². The van der Waals surface area contributed by atoms with Gasteiger partial charge in [0.25, 0.3) is 0 Å². The first-order chi connectivity index (χ1) is 15.9. The molecule has 4 rings (SSSR count). The smallest absolute Gasteiger partial charge is 0.408 e. The van der Waals surface area contributed by atoms with Crippen LogP contribution in [0, 0.1) is 0 Å². The summed E-state index contributed by atoms with van der Waals surface area (Å²) < 4.78 is 11.4. The largest absolute Gasteiger partial charge is 0.489 e. The van der Waals surface area contributed by atoms with Crippen molar-refractivity contribution in [2.75, 3.05) is 0 Å². The molecule has 0 fully saturated rings. The number of aromatic amines is 1. The van der Waals surface area contributed by atoms with Crippen molar-refractivity contribution in [1.82, 2.24) is 15.3 Å². The number of hydrogen-bond donors (Lipinski definition) is 2. The van der Waals surface area contributed by atoms with E-state index in [1.807, 2.05) is 99.6 Å².